The molecule has 0 bridgehead atoms. The van der Waals surface area contributed by atoms with Crippen molar-refractivity contribution >= 4 is 17.5 Å². The third kappa shape index (κ3) is 3.73. The first-order valence-electron chi connectivity index (χ1n) is 7.19. The monoisotopic (exact) mass is 279 g/mol. The van der Waals surface area contributed by atoms with Crippen molar-refractivity contribution in [2.75, 3.05) is 6.54 Å². The van der Waals surface area contributed by atoms with Crippen LogP contribution in [0.1, 0.15) is 44.1 Å². The van der Waals surface area contributed by atoms with Gasteiger partial charge in [0, 0.05) is 11.9 Å². The molecule has 0 saturated heterocycles. The second-order valence-electron chi connectivity index (χ2n) is 5.32. The quantitative estimate of drug-likeness (QED) is 0.818. The molecule has 1 aromatic rings. The highest BCUT2D eigenvalue weighted by Crippen LogP contribution is 2.29. The molecule has 0 radical (unpaired) electrons. The van der Waals surface area contributed by atoms with E-state index >= 15 is 0 Å². The van der Waals surface area contributed by atoms with Crippen molar-refractivity contribution in [2.24, 2.45) is 5.92 Å². The summed E-state index contributed by atoms with van der Waals surface area (Å²) in [5, 5.41) is 3.31. The highest BCUT2D eigenvalue weighted by atomic mass is 35.5. The number of alkyl halides is 1. The second-order valence-corrected chi connectivity index (χ2v) is 5.88. The topological polar surface area (TPSA) is 29.1 Å². The van der Waals surface area contributed by atoms with E-state index in [1.54, 1.807) is 0 Å². The number of rotatable bonds is 5. The molecule has 1 aliphatic carbocycles. The third-order valence-electron chi connectivity index (χ3n) is 4.03. The SMILES string of the molecule is CCC(C(=O)NCC1CCCC1Cl)c1ccccc1. The van der Waals surface area contributed by atoms with Crippen LogP contribution in [0.25, 0.3) is 0 Å². The zero-order valence-electron chi connectivity index (χ0n) is 11.4. The van der Waals surface area contributed by atoms with E-state index in [2.05, 4.69) is 12.2 Å². The van der Waals surface area contributed by atoms with Crippen molar-refractivity contribution in [3.8, 4) is 0 Å². The van der Waals surface area contributed by atoms with Crippen molar-refractivity contribution in [2.45, 2.75) is 43.9 Å². The Morgan fingerprint density at radius 1 is 1.37 bits per heavy atom. The lowest BCUT2D eigenvalue weighted by Crippen LogP contribution is -2.34. The Balaban J connectivity index is 1.90. The molecule has 0 aliphatic heterocycles. The molecule has 0 aromatic heterocycles. The van der Waals surface area contributed by atoms with Crippen LogP contribution in [0.5, 0.6) is 0 Å². The van der Waals surface area contributed by atoms with Gasteiger partial charge in [0.2, 0.25) is 5.91 Å². The van der Waals surface area contributed by atoms with E-state index in [0.717, 1.165) is 31.4 Å². The van der Waals surface area contributed by atoms with Crippen LogP contribution < -0.4 is 5.32 Å². The van der Waals surface area contributed by atoms with Gasteiger partial charge in [-0.1, -0.05) is 43.7 Å². The summed E-state index contributed by atoms with van der Waals surface area (Å²) in [6.07, 6.45) is 4.23. The van der Waals surface area contributed by atoms with Gasteiger partial charge in [-0.25, -0.2) is 0 Å². The van der Waals surface area contributed by atoms with Gasteiger partial charge in [-0.2, -0.15) is 0 Å². The van der Waals surface area contributed by atoms with Crippen molar-refractivity contribution in [1.29, 1.82) is 0 Å². The predicted molar refractivity (Wildman–Crippen MR) is 79.5 cm³/mol. The molecule has 2 nitrogen and oxygen atoms in total. The number of carbonyl (C=O) groups excluding carboxylic acids is 1. The average molecular weight is 280 g/mol. The van der Waals surface area contributed by atoms with Crippen molar-refractivity contribution < 1.29 is 4.79 Å². The van der Waals surface area contributed by atoms with E-state index in [0.29, 0.717) is 5.92 Å². The van der Waals surface area contributed by atoms with Crippen LogP contribution in [0.3, 0.4) is 0 Å². The maximum atomic E-state index is 12.3. The number of amides is 1. The minimum atomic E-state index is -0.0450. The molecule has 1 saturated carbocycles. The summed E-state index contributed by atoms with van der Waals surface area (Å²) < 4.78 is 0. The fourth-order valence-electron chi connectivity index (χ4n) is 2.83. The minimum Gasteiger partial charge on any atom is -0.355 e. The van der Waals surface area contributed by atoms with Gasteiger partial charge in [-0.05, 0) is 30.7 Å². The summed E-state index contributed by atoms with van der Waals surface area (Å²) in [6.45, 7) is 2.77. The van der Waals surface area contributed by atoms with Gasteiger partial charge in [0.15, 0.2) is 0 Å². The number of hydrogen-bond acceptors (Lipinski definition) is 1. The first kappa shape index (κ1) is 14.4. The number of carbonyl (C=O) groups is 1. The lowest BCUT2D eigenvalue weighted by atomic mass is 9.95. The summed E-state index contributed by atoms with van der Waals surface area (Å²) >= 11 is 6.24. The van der Waals surface area contributed by atoms with E-state index in [1.165, 1.54) is 6.42 Å². The predicted octanol–water partition coefficient (Wildman–Crippen LogP) is 3.70. The molecule has 0 heterocycles. The molecule has 1 N–H and O–H groups in total. The molecule has 3 unspecified atom stereocenters. The molecule has 2 rings (SSSR count). The maximum absolute atomic E-state index is 12.3. The van der Waals surface area contributed by atoms with E-state index < -0.39 is 0 Å². The van der Waals surface area contributed by atoms with Crippen molar-refractivity contribution in [1.82, 2.24) is 5.32 Å². The van der Waals surface area contributed by atoms with Crippen LogP contribution in [0, 0.1) is 5.92 Å². The number of benzene rings is 1. The van der Waals surface area contributed by atoms with Crippen LogP contribution in [0.4, 0.5) is 0 Å². The smallest absolute Gasteiger partial charge is 0.227 e. The number of halogens is 1. The molecule has 3 heteroatoms. The molecule has 1 amide bonds. The van der Waals surface area contributed by atoms with Crippen molar-refractivity contribution in [3.63, 3.8) is 0 Å². The van der Waals surface area contributed by atoms with Gasteiger partial charge in [0.05, 0.1) is 5.92 Å². The Morgan fingerprint density at radius 3 is 2.68 bits per heavy atom. The van der Waals surface area contributed by atoms with E-state index in [-0.39, 0.29) is 17.2 Å². The van der Waals surface area contributed by atoms with Gasteiger partial charge in [0.1, 0.15) is 0 Å². The van der Waals surface area contributed by atoms with E-state index in [1.807, 2.05) is 30.3 Å². The third-order valence-corrected chi connectivity index (χ3v) is 4.61. The summed E-state index contributed by atoms with van der Waals surface area (Å²) in [7, 11) is 0. The zero-order valence-corrected chi connectivity index (χ0v) is 12.2. The lowest BCUT2D eigenvalue weighted by molar-refractivity contribution is -0.122. The summed E-state index contributed by atoms with van der Waals surface area (Å²) in [5.74, 6) is 0.528. The van der Waals surface area contributed by atoms with E-state index in [9.17, 15) is 4.79 Å². The Morgan fingerprint density at radius 2 is 2.11 bits per heavy atom. The van der Waals surface area contributed by atoms with Crippen molar-refractivity contribution in [3.05, 3.63) is 35.9 Å². The molecule has 0 spiro atoms. The van der Waals surface area contributed by atoms with Gasteiger partial charge < -0.3 is 5.32 Å². The van der Waals surface area contributed by atoms with Gasteiger partial charge in [-0.3, -0.25) is 4.79 Å². The molecular formula is C16H22ClNO. The van der Waals surface area contributed by atoms with Crippen LogP contribution >= 0.6 is 11.6 Å². The average Bonchev–Trinajstić information content (AvgIpc) is 2.84. The van der Waals surface area contributed by atoms with Crippen LogP contribution in [0.2, 0.25) is 0 Å². The largest absolute Gasteiger partial charge is 0.355 e. The molecular weight excluding hydrogens is 258 g/mol. The lowest BCUT2D eigenvalue weighted by Gasteiger charge is -2.19. The van der Waals surface area contributed by atoms with Gasteiger partial charge >= 0.3 is 0 Å². The van der Waals surface area contributed by atoms with Gasteiger partial charge in [-0.15, -0.1) is 11.6 Å². The first-order chi connectivity index (χ1) is 9.22. The molecule has 1 aliphatic rings. The highest BCUT2D eigenvalue weighted by molar-refractivity contribution is 6.21. The highest BCUT2D eigenvalue weighted by Gasteiger charge is 2.26. The Labute approximate surface area is 120 Å². The Kier molecular flexibility index (Phi) is 5.26. The van der Waals surface area contributed by atoms with E-state index in [4.69, 9.17) is 11.6 Å². The van der Waals surface area contributed by atoms with Crippen LogP contribution in [0.15, 0.2) is 30.3 Å². The summed E-state index contributed by atoms with van der Waals surface area (Å²) in [5.41, 5.74) is 1.09. The molecule has 1 aromatic carbocycles. The fraction of sp³-hybridized carbons (Fsp3) is 0.562. The van der Waals surface area contributed by atoms with Gasteiger partial charge in [0.25, 0.3) is 0 Å². The Hall–Kier alpha value is -1.02. The van der Waals surface area contributed by atoms with Crippen LogP contribution in [-0.4, -0.2) is 17.8 Å². The standard InChI is InChI=1S/C16H22ClNO/c1-2-14(12-7-4-3-5-8-12)16(19)18-11-13-9-6-10-15(13)17/h3-5,7-8,13-15H,2,6,9-11H2,1H3,(H,18,19). The zero-order chi connectivity index (χ0) is 13.7. The summed E-state index contributed by atoms with van der Waals surface area (Å²) in [6, 6.07) is 9.99. The number of hydrogen-bond donors (Lipinski definition) is 1. The molecule has 3 atom stereocenters. The molecule has 19 heavy (non-hydrogen) atoms. The normalized spacial score (nSPS) is 24.1. The summed E-state index contributed by atoms with van der Waals surface area (Å²) in [4.78, 5) is 12.3. The first-order valence-corrected chi connectivity index (χ1v) is 7.62. The molecule has 1 fully saturated rings. The fourth-order valence-corrected chi connectivity index (χ4v) is 3.20. The maximum Gasteiger partial charge on any atom is 0.227 e. The second kappa shape index (κ2) is 6.95. The minimum absolute atomic E-state index is 0.0450. The number of nitrogens with one attached hydrogen (secondary N) is 1. The molecule has 104 valence electrons. The Bertz CT molecular complexity index is 406. The van der Waals surface area contributed by atoms with Crippen LogP contribution in [-0.2, 0) is 4.79 Å².